The molecule has 0 saturated heterocycles. The Kier molecular flexibility index (Phi) is 3.70. The predicted molar refractivity (Wildman–Crippen MR) is 84.7 cm³/mol. The van der Waals surface area contributed by atoms with Crippen molar-refractivity contribution in [3.8, 4) is 0 Å². The molecule has 110 valence electrons. The number of carbonyl (C=O) groups is 2. The van der Waals surface area contributed by atoms with Crippen molar-refractivity contribution in [2.75, 3.05) is 5.32 Å². The number of carbonyl (C=O) groups excluding carboxylic acids is 2. The molecule has 0 aliphatic heterocycles. The molecule has 1 aliphatic rings. The topological polar surface area (TPSA) is 85.1 Å². The van der Waals surface area contributed by atoms with Crippen LogP contribution in [0.3, 0.4) is 0 Å². The number of aromatic nitrogens is 1. The molecule has 1 aromatic carbocycles. The van der Waals surface area contributed by atoms with Crippen molar-refractivity contribution in [2.45, 2.75) is 12.8 Å². The van der Waals surface area contributed by atoms with Gasteiger partial charge in [0.15, 0.2) is 0 Å². The van der Waals surface area contributed by atoms with Gasteiger partial charge >= 0.3 is 11.8 Å². The number of rotatable bonds is 2. The van der Waals surface area contributed by atoms with Crippen LogP contribution in [0.5, 0.6) is 0 Å². The zero-order chi connectivity index (χ0) is 15.5. The smallest absolute Gasteiger partial charge is 0.313 e. The Balaban J connectivity index is 1.89. The summed E-state index contributed by atoms with van der Waals surface area (Å²) < 4.78 is 0. The van der Waals surface area contributed by atoms with Crippen LogP contribution in [0, 0.1) is 0 Å². The minimum atomic E-state index is -1.01. The minimum Gasteiger partial charge on any atom is -0.361 e. The molecular formula is C17H15N3O2. The molecule has 0 fully saturated rings. The summed E-state index contributed by atoms with van der Waals surface area (Å²) in [7, 11) is 0. The molecule has 3 N–H and O–H groups in total. The second-order valence-electron chi connectivity index (χ2n) is 5.12. The number of benzene rings is 1. The van der Waals surface area contributed by atoms with E-state index in [1.807, 2.05) is 12.1 Å². The van der Waals surface area contributed by atoms with Crippen molar-refractivity contribution in [1.82, 2.24) is 4.98 Å². The van der Waals surface area contributed by atoms with Crippen molar-refractivity contribution in [3.63, 3.8) is 0 Å². The highest BCUT2D eigenvalue weighted by Gasteiger charge is 2.14. The van der Waals surface area contributed by atoms with Crippen LogP contribution in [0.25, 0.3) is 11.6 Å². The maximum Gasteiger partial charge on any atom is 0.313 e. The van der Waals surface area contributed by atoms with E-state index in [1.165, 1.54) is 11.1 Å². The van der Waals surface area contributed by atoms with Gasteiger partial charge in [-0.1, -0.05) is 24.3 Å². The fourth-order valence-electron chi connectivity index (χ4n) is 2.51. The number of nitrogens with one attached hydrogen (secondary N) is 1. The van der Waals surface area contributed by atoms with Crippen molar-refractivity contribution < 1.29 is 9.59 Å². The number of nitrogens with two attached hydrogens (primary N) is 1. The Hall–Kier alpha value is -2.95. The average molecular weight is 293 g/mol. The minimum absolute atomic E-state index is 0.508. The van der Waals surface area contributed by atoms with Crippen LogP contribution in [0.4, 0.5) is 5.69 Å². The fourth-order valence-corrected chi connectivity index (χ4v) is 2.51. The second kappa shape index (κ2) is 5.81. The summed E-state index contributed by atoms with van der Waals surface area (Å²) in [5.74, 6) is -1.84. The van der Waals surface area contributed by atoms with Gasteiger partial charge in [0.25, 0.3) is 0 Å². The van der Waals surface area contributed by atoms with E-state index in [0.717, 1.165) is 24.1 Å². The van der Waals surface area contributed by atoms with E-state index in [9.17, 15) is 9.59 Å². The lowest BCUT2D eigenvalue weighted by Gasteiger charge is -2.16. The molecule has 1 aromatic heterocycles. The van der Waals surface area contributed by atoms with Gasteiger partial charge in [0.1, 0.15) is 0 Å². The molecule has 2 aromatic rings. The Morgan fingerprint density at radius 1 is 1.14 bits per heavy atom. The van der Waals surface area contributed by atoms with E-state index in [1.54, 1.807) is 18.3 Å². The quantitative estimate of drug-likeness (QED) is 0.830. The number of allylic oxidation sites excluding steroid dienone is 1. The standard InChI is InChI=1S/C17H15N3O2/c18-16(21)17(22)20-14-7-8-19-15(10-14)13-6-5-11-3-1-2-4-12(11)9-13/h1-4,7-10H,5-6H2,(H2,18,21)(H,19,20,22). The van der Waals surface area contributed by atoms with Gasteiger partial charge in [-0.25, -0.2) is 0 Å². The van der Waals surface area contributed by atoms with E-state index in [4.69, 9.17) is 5.73 Å². The monoisotopic (exact) mass is 293 g/mol. The van der Waals surface area contributed by atoms with Gasteiger partial charge in [0, 0.05) is 11.9 Å². The molecule has 2 amide bonds. The summed E-state index contributed by atoms with van der Waals surface area (Å²) in [6.45, 7) is 0. The molecule has 0 radical (unpaired) electrons. The van der Waals surface area contributed by atoms with Crippen LogP contribution in [-0.2, 0) is 16.0 Å². The molecule has 0 unspecified atom stereocenters. The second-order valence-corrected chi connectivity index (χ2v) is 5.12. The third-order valence-electron chi connectivity index (χ3n) is 3.62. The van der Waals surface area contributed by atoms with E-state index < -0.39 is 11.8 Å². The van der Waals surface area contributed by atoms with E-state index in [0.29, 0.717) is 5.69 Å². The van der Waals surface area contributed by atoms with Gasteiger partial charge in [-0.3, -0.25) is 14.6 Å². The van der Waals surface area contributed by atoms with Crippen molar-refractivity contribution in [3.05, 3.63) is 59.4 Å². The highest BCUT2D eigenvalue weighted by atomic mass is 16.2. The van der Waals surface area contributed by atoms with Gasteiger partial charge in [0.2, 0.25) is 0 Å². The molecule has 1 aliphatic carbocycles. The number of hydrogen-bond donors (Lipinski definition) is 2. The lowest BCUT2D eigenvalue weighted by atomic mass is 9.90. The maximum absolute atomic E-state index is 11.3. The maximum atomic E-state index is 11.3. The number of amides is 2. The average Bonchev–Trinajstić information content (AvgIpc) is 2.54. The van der Waals surface area contributed by atoms with Gasteiger partial charge in [0.05, 0.1) is 5.69 Å². The highest BCUT2D eigenvalue weighted by Crippen LogP contribution is 2.30. The number of aryl methyl sites for hydroxylation is 1. The van der Waals surface area contributed by atoms with Crippen LogP contribution < -0.4 is 11.1 Å². The molecule has 1 heterocycles. The summed E-state index contributed by atoms with van der Waals surface area (Å²) in [6, 6.07) is 11.6. The van der Waals surface area contributed by atoms with Gasteiger partial charge < -0.3 is 11.1 Å². The van der Waals surface area contributed by atoms with E-state index in [-0.39, 0.29) is 0 Å². The predicted octanol–water partition coefficient (Wildman–Crippen LogP) is 1.99. The third kappa shape index (κ3) is 2.88. The lowest BCUT2D eigenvalue weighted by molar-refractivity contribution is -0.134. The Morgan fingerprint density at radius 2 is 1.95 bits per heavy atom. The fraction of sp³-hybridized carbons (Fsp3) is 0.118. The van der Waals surface area contributed by atoms with Crippen LogP contribution in [0.15, 0.2) is 42.6 Å². The first kappa shape index (κ1) is 14.0. The third-order valence-corrected chi connectivity index (χ3v) is 3.62. The molecule has 5 nitrogen and oxygen atoms in total. The van der Waals surface area contributed by atoms with E-state index >= 15 is 0 Å². The van der Waals surface area contributed by atoms with Crippen LogP contribution >= 0.6 is 0 Å². The number of anilines is 1. The number of hydrogen-bond acceptors (Lipinski definition) is 3. The molecule has 22 heavy (non-hydrogen) atoms. The SMILES string of the molecule is NC(=O)C(=O)Nc1ccnc(C2=Cc3ccccc3CC2)c1. The summed E-state index contributed by atoms with van der Waals surface area (Å²) >= 11 is 0. The molecule has 5 heteroatoms. The largest absolute Gasteiger partial charge is 0.361 e. The first-order valence-electron chi connectivity index (χ1n) is 6.99. The zero-order valence-corrected chi connectivity index (χ0v) is 11.9. The van der Waals surface area contributed by atoms with Gasteiger partial charge in [-0.15, -0.1) is 0 Å². The molecule has 3 rings (SSSR count). The lowest BCUT2D eigenvalue weighted by Crippen LogP contribution is -2.29. The van der Waals surface area contributed by atoms with Crippen molar-refractivity contribution >= 4 is 29.2 Å². The molecule has 0 atom stereocenters. The van der Waals surface area contributed by atoms with Crippen LogP contribution in [0.2, 0.25) is 0 Å². The number of nitrogens with zero attached hydrogens (tertiary/aromatic N) is 1. The number of pyridine rings is 1. The Bertz CT molecular complexity index is 781. The highest BCUT2D eigenvalue weighted by molar-refractivity contribution is 6.39. The first-order chi connectivity index (χ1) is 10.6. The normalized spacial score (nSPS) is 13.0. The molecule has 0 saturated carbocycles. The number of primary amides is 1. The first-order valence-corrected chi connectivity index (χ1v) is 6.99. The molecular weight excluding hydrogens is 278 g/mol. The zero-order valence-electron chi connectivity index (χ0n) is 11.9. The Labute approximate surface area is 127 Å². The van der Waals surface area contributed by atoms with Crippen molar-refractivity contribution in [2.24, 2.45) is 5.73 Å². The van der Waals surface area contributed by atoms with Gasteiger partial charge in [-0.05, 0) is 47.8 Å². The summed E-state index contributed by atoms with van der Waals surface area (Å²) in [5.41, 5.74) is 9.86. The Morgan fingerprint density at radius 3 is 2.77 bits per heavy atom. The van der Waals surface area contributed by atoms with Gasteiger partial charge in [-0.2, -0.15) is 0 Å². The number of fused-ring (bicyclic) bond motifs is 1. The summed E-state index contributed by atoms with van der Waals surface area (Å²) in [4.78, 5) is 26.5. The van der Waals surface area contributed by atoms with Crippen LogP contribution in [-0.4, -0.2) is 16.8 Å². The summed E-state index contributed by atoms with van der Waals surface area (Å²) in [5, 5.41) is 2.46. The van der Waals surface area contributed by atoms with Crippen molar-refractivity contribution in [1.29, 1.82) is 0 Å². The molecule has 0 bridgehead atoms. The molecule has 0 spiro atoms. The van der Waals surface area contributed by atoms with Crippen LogP contribution in [0.1, 0.15) is 23.2 Å². The van der Waals surface area contributed by atoms with E-state index in [2.05, 4.69) is 28.5 Å². The summed E-state index contributed by atoms with van der Waals surface area (Å²) in [6.07, 6.45) is 5.56.